The Kier molecular flexibility index (Phi) is 23.1. The van der Waals surface area contributed by atoms with E-state index in [0.717, 1.165) is 11.5 Å². The maximum absolute atomic E-state index is 11.9. The first-order valence-corrected chi connectivity index (χ1v) is 16.4. The molecule has 32 heavy (non-hydrogen) atoms. The number of alkyl halides is 1. The van der Waals surface area contributed by atoms with Crippen LogP contribution in [0.2, 0.25) is 0 Å². The van der Waals surface area contributed by atoms with E-state index >= 15 is 0 Å². The van der Waals surface area contributed by atoms with Crippen LogP contribution < -0.4 is 4.72 Å². The SMILES string of the molecule is CCCCCCCCCCCCCCCCSCC(CNS(=O)(=O)CCCCl)CC(C)=O. The summed E-state index contributed by atoms with van der Waals surface area (Å²) in [6, 6.07) is 0. The monoisotopic (exact) mass is 511 g/mol. The zero-order chi connectivity index (χ0) is 23.9. The molecule has 0 spiro atoms. The molecule has 0 aliphatic heterocycles. The summed E-state index contributed by atoms with van der Waals surface area (Å²) in [5.74, 6) is 2.49. The van der Waals surface area contributed by atoms with Crippen LogP contribution in [0.25, 0.3) is 0 Å². The molecule has 0 aliphatic rings. The smallest absolute Gasteiger partial charge is 0.211 e. The van der Waals surface area contributed by atoms with Crippen LogP contribution in [-0.4, -0.2) is 43.9 Å². The number of hydrogen-bond donors (Lipinski definition) is 1. The van der Waals surface area contributed by atoms with Crippen molar-refractivity contribution in [3.05, 3.63) is 0 Å². The molecule has 1 atom stereocenters. The third-order valence-corrected chi connectivity index (χ3v) is 8.69. The fourth-order valence-electron chi connectivity index (χ4n) is 3.81. The van der Waals surface area contributed by atoms with Gasteiger partial charge in [0.2, 0.25) is 10.0 Å². The number of carbonyl (C=O) groups excluding carboxylic acids is 1. The molecule has 0 heterocycles. The van der Waals surface area contributed by atoms with Crippen LogP contribution in [0, 0.1) is 5.92 Å². The Labute approximate surface area is 208 Å². The largest absolute Gasteiger partial charge is 0.300 e. The highest BCUT2D eigenvalue weighted by Gasteiger charge is 2.16. The lowest BCUT2D eigenvalue weighted by Gasteiger charge is -2.16. The fraction of sp³-hybridized carbons (Fsp3) is 0.960. The average Bonchev–Trinajstić information content (AvgIpc) is 2.75. The molecule has 192 valence electrons. The van der Waals surface area contributed by atoms with Gasteiger partial charge in [0.15, 0.2) is 0 Å². The maximum Gasteiger partial charge on any atom is 0.211 e. The zero-order valence-corrected chi connectivity index (χ0v) is 23.2. The molecule has 1 unspecified atom stereocenters. The Morgan fingerprint density at radius 2 is 1.34 bits per heavy atom. The van der Waals surface area contributed by atoms with Crippen molar-refractivity contribution in [3.8, 4) is 0 Å². The molecule has 0 aromatic carbocycles. The topological polar surface area (TPSA) is 63.2 Å². The van der Waals surface area contributed by atoms with E-state index in [9.17, 15) is 13.2 Å². The van der Waals surface area contributed by atoms with Crippen LogP contribution in [0.1, 0.15) is 117 Å². The lowest BCUT2D eigenvalue weighted by atomic mass is 10.0. The molecule has 0 fully saturated rings. The second-order valence-electron chi connectivity index (χ2n) is 9.15. The lowest BCUT2D eigenvalue weighted by molar-refractivity contribution is -0.117. The van der Waals surface area contributed by atoms with Gasteiger partial charge < -0.3 is 4.79 Å². The van der Waals surface area contributed by atoms with Crippen molar-refractivity contribution >= 4 is 39.2 Å². The number of sulfonamides is 1. The minimum Gasteiger partial charge on any atom is -0.300 e. The van der Waals surface area contributed by atoms with E-state index in [-0.39, 0.29) is 17.5 Å². The highest BCUT2D eigenvalue weighted by Crippen LogP contribution is 2.17. The van der Waals surface area contributed by atoms with E-state index in [4.69, 9.17) is 11.6 Å². The Hall–Kier alpha value is 0.220. The number of nitrogens with one attached hydrogen (secondary N) is 1. The average molecular weight is 512 g/mol. The molecule has 0 aromatic rings. The van der Waals surface area contributed by atoms with Gasteiger partial charge in [-0.15, -0.1) is 11.6 Å². The molecule has 4 nitrogen and oxygen atoms in total. The van der Waals surface area contributed by atoms with Crippen molar-refractivity contribution in [2.75, 3.05) is 29.7 Å². The second-order valence-corrected chi connectivity index (χ2v) is 12.6. The van der Waals surface area contributed by atoms with Crippen LogP contribution in [0.15, 0.2) is 0 Å². The Bertz CT molecular complexity index is 529. The quantitative estimate of drug-likeness (QED) is 0.103. The molecule has 0 aromatic heterocycles. The molecule has 0 rings (SSSR count). The molecular formula is C25H50ClNO3S2. The third kappa shape index (κ3) is 23.4. The molecule has 7 heteroatoms. The Morgan fingerprint density at radius 1 is 0.844 bits per heavy atom. The van der Waals surface area contributed by atoms with Crippen molar-refractivity contribution in [2.24, 2.45) is 5.92 Å². The number of halogens is 1. The molecule has 0 saturated heterocycles. The van der Waals surface area contributed by atoms with Gasteiger partial charge in [0.25, 0.3) is 0 Å². The van der Waals surface area contributed by atoms with Crippen molar-refractivity contribution < 1.29 is 13.2 Å². The summed E-state index contributed by atoms with van der Waals surface area (Å²) in [6.45, 7) is 4.19. The van der Waals surface area contributed by atoms with Gasteiger partial charge >= 0.3 is 0 Å². The molecule has 1 N–H and O–H groups in total. The van der Waals surface area contributed by atoms with Crippen molar-refractivity contribution in [2.45, 2.75) is 117 Å². The van der Waals surface area contributed by atoms with Crippen molar-refractivity contribution in [3.63, 3.8) is 0 Å². The molecule has 0 amide bonds. The van der Waals surface area contributed by atoms with Crippen LogP contribution in [0.5, 0.6) is 0 Å². The molecular weight excluding hydrogens is 462 g/mol. The first kappa shape index (κ1) is 32.2. The molecule has 0 radical (unpaired) electrons. The van der Waals surface area contributed by atoms with E-state index in [1.807, 2.05) is 11.8 Å². The summed E-state index contributed by atoms with van der Waals surface area (Å²) in [6.07, 6.45) is 20.0. The maximum atomic E-state index is 11.9. The van der Waals surface area contributed by atoms with Gasteiger partial charge in [-0.25, -0.2) is 13.1 Å². The van der Waals surface area contributed by atoms with Crippen LogP contribution in [0.3, 0.4) is 0 Å². The van der Waals surface area contributed by atoms with Crippen molar-refractivity contribution in [1.82, 2.24) is 4.72 Å². The Balaban J connectivity index is 3.64. The number of ketones is 1. The third-order valence-electron chi connectivity index (χ3n) is 5.71. The summed E-state index contributed by atoms with van der Waals surface area (Å²) in [5.41, 5.74) is 0. The van der Waals surface area contributed by atoms with Gasteiger partial charge in [-0.05, 0) is 37.2 Å². The van der Waals surface area contributed by atoms with E-state index in [1.165, 1.54) is 89.9 Å². The number of hydrogen-bond acceptors (Lipinski definition) is 4. The zero-order valence-electron chi connectivity index (χ0n) is 20.8. The second kappa shape index (κ2) is 23.0. The fourth-order valence-corrected chi connectivity index (χ4v) is 6.40. The predicted molar refractivity (Wildman–Crippen MR) is 144 cm³/mol. The summed E-state index contributed by atoms with van der Waals surface area (Å²) in [4.78, 5) is 11.5. The first-order chi connectivity index (χ1) is 15.4. The van der Waals surface area contributed by atoms with Gasteiger partial charge in [-0.3, -0.25) is 0 Å². The van der Waals surface area contributed by atoms with E-state index < -0.39 is 10.0 Å². The van der Waals surface area contributed by atoms with E-state index in [2.05, 4.69) is 11.6 Å². The van der Waals surface area contributed by atoms with Gasteiger partial charge in [-0.1, -0.05) is 90.4 Å². The van der Waals surface area contributed by atoms with Gasteiger partial charge in [0.05, 0.1) is 5.75 Å². The van der Waals surface area contributed by atoms with Crippen LogP contribution >= 0.6 is 23.4 Å². The minimum atomic E-state index is -3.29. The summed E-state index contributed by atoms with van der Waals surface area (Å²) >= 11 is 7.43. The number of rotatable bonds is 25. The number of carbonyl (C=O) groups is 1. The molecule has 0 bridgehead atoms. The van der Waals surface area contributed by atoms with Gasteiger partial charge in [0, 0.05) is 18.8 Å². The first-order valence-electron chi connectivity index (χ1n) is 13.0. The lowest BCUT2D eigenvalue weighted by Crippen LogP contribution is -2.33. The number of Topliss-reactive ketones (excluding diaryl/α,β-unsaturated/α-hetero) is 1. The minimum absolute atomic E-state index is 0.0511. The standard InChI is InChI=1S/C25H50ClNO3S2/c1-3-4-5-6-7-8-9-10-11-12-13-14-15-16-19-31-23-25(21-24(2)28)22-27-32(29,30)20-17-18-26/h25,27H,3-23H2,1-2H3. The van der Waals surface area contributed by atoms with Gasteiger partial charge in [0.1, 0.15) is 5.78 Å². The number of thioether (sulfide) groups is 1. The van der Waals surface area contributed by atoms with Crippen LogP contribution in [-0.2, 0) is 14.8 Å². The number of unbranched alkanes of at least 4 members (excludes halogenated alkanes) is 13. The highest BCUT2D eigenvalue weighted by molar-refractivity contribution is 7.99. The Morgan fingerprint density at radius 3 is 1.81 bits per heavy atom. The van der Waals surface area contributed by atoms with Gasteiger partial charge in [-0.2, -0.15) is 11.8 Å². The van der Waals surface area contributed by atoms with Crippen molar-refractivity contribution in [1.29, 1.82) is 0 Å². The normalized spacial score (nSPS) is 12.8. The summed E-state index contributed by atoms with van der Waals surface area (Å²) in [5, 5.41) is 0. The predicted octanol–water partition coefficient (Wildman–Crippen LogP) is 7.34. The molecule has 0 aliphatic carbocycles. The summed E-state index contributed by atoms with van der Waals surface area (Å²) < 4.78 is 26.5. The summed E-state index contributed by atoms with van der Waals surface area (Å²) in [7, 11) is -3.29. The van der Waals surface area contributed by atoms with E-state index in [1.54, 1.807) is 6.92 Å². The molecule has 0 saturated carbocycles. The van der Waals surface area contributed by atoms with Crippen LogP contribution in [0.4, 0.5) is 0 Å². The highest BCUT2D eigenvalue weighted by atomic mass is 35.5. The van der Waals surface area contributed by atoms with E-state index in [0.29, 0.717) is 25.3 Å².